The summed E-state index contributed by atoms with van der Waals surface area (Å²) in [6.45, 7) is 4.31. The van der Waals surface area contributed by atoms with Crippen molar-refractivity contribution in [2.45, 2.75) is 25.9 Å². The van der Waals surface area contributed by atoms with E-state index in [4.69, 9.17) is 0 Å². The molecule has 2 unspecified atom stereocenters. The van der Waals surface area contributed by atoms with Crippen LogP contribution < -0.4 is 10.6 Å². The van der Waals surface area contributed by atoms with Gasteiger partial charge in [-0.3, -0.25) is 0 Å². The minimum Gasteiger partial charge on any atom is -0.383 e. The zero-order valence-corrected chi connectivity index (χ0v) is 10.7. The molecule has 1 aliphatic heterocycles. The fraction of sp³-hybridized carbons (Fsp3) is 0.571. The molecule has 0 aliphatic carbocycles. The van der Waals surface area contributed by atoms with Gasteiger partial charge < -0.3 is 10.6 Å². The normalized spacial score (nSPS) is 20.9. The molecule has 0 saturated carbocycles. The highest BCUT2D eigenvalue weighted by molar-refractivity contribution is 5.46. The number of alkyl halides is 1. The van der Waals surface area contributed by atoms with E-state index in [0.717, 1.165) is 26.1 Å². The number of rotatable bonds is 5. The van der Waals surface area contributed by atoms with E-state index in [2.05, 4.69) is 10.6 Å². The van der Waals surface area contributed by atoms with Crippen LogP contribution in [-0.2, 0) is 0 Å². The number of hydrogen-bond donors (Lipinski definition) is 2. The second-order valence-corrected chi connectivity index (χ2v) is 4.93. The summed E-state index contributed by atoms with van der Waals surface area (Å²) in [4.78, 5) is 0. The van der Waals surface area contributed by atoms with Crippen molar-refractivity contribution in [2.75, 3.05) is 25.0 Å². The molecule has 1 aromatic rings. The summed E-state index contributed by atoms with van der Waals surface area (Å²) in [5.74, 6) is 0.312. The summed E-state index contributed by atoms with van der Waals surface area (Å²) in [6, 6.07) is 4.52. The number of hydrogen-bond acceptors (Lipinski definition) is 2. The lowest BCUT2D eigenvalue weighted by molar-refractivity contribution is 0.373. The molecule has 0 aromatic heterocycles. The fourth-order valence-corrected chi connectivity index (χ4v) is 2.29. The van der Waals surface area contributed by atoms with Gasteiger partial charge in [-0.2, -0.15) is 0 Å². The molecule has 2 rings (SSSR count). The summed E-state index contributed by atoms with van der Waals surface area (Å²) in [7, 11) is 0. The van der Waals surface area contributed by atoms with Gasteiger partial charge in [-0.1, -0.05) is 6.07 Å². The molecule has 0 amide bonds. The van der Waals surface area contributed by atoms with Gasteiger partial charge in [0.05, 0.1) is 5.69 Å². The Labute approximate surface area is 107 Å². The lowest BCUT2D eigenvalue weighted by Crippen LogP contribution is -2.13. The number of anilines is 1. The molecule has 2 atom stereocenters. The minimum atomic E-state index is -1.13. The van der Waals surface area contributed by atoms with E-state index in [1.165, 1.54) is 19.4 Å². The van der Waals surface area contributed by atoms with E-state index >= 15 is 0 Å². The number of benzene rings is 1. The molecule has 1 aliphatic rings. The van der Waals surface area contributed by atoms with Crippen molar-refractivity contribution in [1.29, 1.82) is 0 Å². The first-order valence-electron chi connectivity index (χ1n) is 6.55. The maximum Gasteiger partial charge on any atom is 0.146 e. The Morgan fingerprint density at radius 2 is 2.33 bits per heavy atom. The van der Waals surface area contributed by atoms with Crippen LogP contribution in [-0.4, -0.2) is 19.6 Å². The van der Waals surface area contributed by atoms with Gasteiger partial charge in [-0.15, -0.1) is 0 Å². The standard InChI is InChI=1S/C14H20F2N2/c1-10(15)12-2-3-14(13(16)8-12)18-7-5-11-4-6-17-9-11/h2-3,8,10-11,17-18H,4-7,9H2,1H3. The topological polar surface area (TPSA) is 24.1 Å². The minimum absolute atomic E-state index is 0.374. The third-order valence-corrected chi connectivity index (χ3v) is 3.48. The zero-order chi connectivity index (χ0) is 13.0. The molecule has 1 saturated heterocycles. The van der Waals surface area contributed by atoms with E-state index in [0.29, 0.717) is 17.2 Å². The molecule has 1 fully saturated rings. The first-order valence-corrected chi connectivity index (χ1v) is 6.55. The van der Waals surface area contributed by atoms with Crippen molar-refractivity contribution in [3.8, 4) is 0 Å². The number of halogens is 2. The lowest BCUT2D eigenvalue weighted by Gasteiger charge is -2.12. The summed E-state index contributed by atoms with van der Waals surface area (Å²) >= 11 is 0. The van der Waals surface area contributed by atoms with Gasteiger partial charge in [-0.05, 0) is 56.5 Å². The summed E-state index contributed by atoms with van der Waals surface area (Å²) in [6.07, 6.45) is 1.11. The highest BCUT2D eigenvalue weighted by Crippen LogP contribution is 2.22. The quantitative estimate of drug-likeness (QED) is 0.842. The summed E-state index contributed by atoms with van der Waals surface area (Å²) in [5.41, 5.74) is 0.850. The molecule has 0 radical (unpaired) electrons. The molecular formula is C14H20F2N2. The molecule has 2 N–H and O–H groups in total. The van der Waals surface area contributed by atoms with E-state index in [9.17, 15) is 8.78 Å². The van der Waals surface area contributed by atoms with Gasteiger partial charge in [-0.25, -0.2) is 8.78 Å². The average Bonchev–Trinajstić information content (AvgIpc) is 2.84. The van der Waals surface area contributed by atoms with Gasteiger partial charge >= 0.3 is 0 Å². The van der Waals surface area contributed by atoms with Crippen LogP contribution in [0.15, 0.2) is 18.2 Å². The molecule has 4 heteroatoms. The van der Waals surface area contributed by atoms with Crippen molar-refractivity contribution in [3.05, 3.63) is 29.6 Å². The maximum atomic E-state index is 13.7. The van der Waals surface area contributed by atoms with Crippen LogP contribution in [0.5, 0.6) is 0 Å². The molecule has 1 aromatic carbocycles. The van der Waals surface area contributed by atoms with Crippen LogP contribution in [0.2, 0.25) is 0 Å². The maximum absolute atomic E-state index is 13.7. The zero-order valence-electron chi connectivity index (χ0n) is 10.7. The monoisotopic (exact) mass is 254 g/mol. The Morgan fingerprint density at radius 3 is 2.94 bits per heavy atom. The van der Waals surface area contributed by atoms with E-state index < -0.39 is 6.17 Å². The first-order chi connectivity index (χ1) is 8.66. The molecule has 1 heterocycles. The molecule has 18 heavy (non-hydrogen) atoms. The van der Waals surface area contributed by atoms with E-state index in [1.54, 1.807) is 12.1 Å². The van der Waals surface area contributed by atoms with Crippen LogP contribution >= 0.6 is 0 Å². The smallest absolute Gasteiger partial charge is 0.146 e. The predicted octanol–water partition coefficient (Wildman–Crippen LogP) is 3.27. The second kappa shape index (κ2) is 6.14. The third kappa shape index (κ3) is 3.42. The third-order valence-electron chi connectivity index (χ3n) is 3.48. The van der Waals surface area contributed by atoms with Gasteiger partial charge in [0.15, 0.2) is 0 Å². The number of nitrogens with one attached hydrogen (secondary N) is 2. The fourth-order valence-electron chi connectivity index (χ4n) is 2.29. The Morgan fingerprint density at radius 1 is 1.50 bits per heavy atom. The molecule has 2 nitrogen and oxygen atoms in total. The SMILES string of the molecule is CC(F)c1ccc(NCCC2CCNC2)c(F)c1. The van der Waals surface area contributed by atoms with Crippen LogP contribution in [0, 0.1) is 11.7 Å². The van der Waals surface area contributed by atoms with Crippen molar-refractivity contribution in [3.63, 3.8) is 0 Å². The van der Waals surface area contributed by atoms with E-state index in [-0.39, 0.29) is 5.82 Å². The van der Waals surface area contributed by atoms with Crippen molar-refractivity contribution in [1.82, 2.24) is 5.32 Å². The predicted molar refractivity (Wildman–Crippen MR) is 70.0 cm³/mol. The highest BCUT2D eigenvalue weighted by atomic mass is 19.1. The Kier molecular flexibility index (Phi) is 4.53. The van der Waals surface area contributed by atoms with Gasteiger partial charge in [0.2, 0.25) is 0 Å². The van der Waals surface area contributed by atoms with Crippen molar-refractivity contribution < 1.29 is 8.78 Å². The molecule has 100 valence electrons. The van der Waals surface area contributed by atoms with Crippen LogP contribution in [0.1, 0.15) is 31.5 Å². The summed E-state index contributed by atoms with van der Waals surface area (Å²) < 4.78 is 26.7. The molecule has 0 spiro atoms. The largest absolute Gasteiger partial charge is 0.383 e. The van der Waals surface area contributed by atoms with Gasteiger partial charge in [0.1, 0.15) is 12.0 Å². The average molecular weight is 254 g/mol. The lowest BCUT2D eigenvalue weighted by atomic mass is 10.1. The van der Waals surface area contributed by atoms with Crippen molar-refractivity contribution in [2.24, 2.45) is 5.92 Å². The van der Waals surface area contributed by atoms with Crippen molar-refractivity contribution >= 4 is 5.69 Å². The summed E-state index contributed by atoms with van der Waals surface area (Å²) in [5, 5.41) is 6.39. The Bertz CT molecular complexity index is 387. The molecular weight excluding hydrogens is 234 g/mol. The van der Waals surface area contributed by atoms with E-state index in [1.807, 2.05) is 0 Å². The van der Waals surface area contributed by atoms with Crippen LogP contribution in [0.4, 0.5) is 14.5 Å². The van der Waals surface area contributed by atoms with Gasteiger partial charge in [0, 0.05) is 6.54 Å². The van der Waals surface area contributed by atoms with Gasteiger partial charge in [0.25, 0.3) is 0 Å². The Balaban J connectivity index is 1.85. The van der Waals surface area contributed by atoms with Crippen LogP contribution in [0.3, 0.4) is 0 Å². The van der Waals surface area contributed by atoms with Crippen LogP contribution in [0.25, 0.3) is 0 Å². The first kappa shape index (κ1) is 13.3. The second-order valence-electron chi connectivity index (χ2n) is 4.93. The molecule has 0 bridgehead atoms. The Hall–Kier alpha value is -1.16. The highest BCUT2D eigenvalue weighted by Gasteiger charge is 2.14.